The normalized spacial score (nSPS) is 17.4. The number of nitrogens with zero attached hydrogens (tertiary/aromatic N) is 3. The van der Waals surface area contributed by atoms with E-state index in [9.17, 15) is 4.79 Å². The minimum Gasteiger partial charge on any atom is -0.373 e. The lowest BCUT2D eigenvalue weighted by molar-refractivity contribution is -0.126. The molecule has 1 aromatic carbocycles. The summed E-state index contributed by atoms with van der Waals surface area (Å²) in [7, 11) is 1.84. The van der Waals surface area contributed by atoms with Crippen molar-refractivity contribution in [1.29, 1.82) is 0 Å². The number of hydrogen-bond acceptors (Lipinski definition) is 4. The molecule has 0 aliphatic carbocycles. The molecule has 0 saturated carbocycles. The number of amides is 1. The number of nitrogens with one attached hydrogen (secondary N) is 1. The third-order valence-electron chi connectivity index (χ3n) is 4.21. The summed E-state index contributed by atoms with van der Waals surface area (Å²) in [5, 5.41) is 3.05. The van der Waals surface area contributed by atoms with Crippen molar-refractivity contribution in [3.8, 4) is 0 Å². The van der Waals surface area contributed by atoms with E-state index in [0.717, 1.165) is 42.3 Å². The van der Waals surface area contributed by atoms with Crippen molar-refractivity contribution in [2.45, 2.75) is 25.8 Å². The highest BCUT2D eigenvalue weighted by atomic mass is 16.2. The highest BCUT2D eigenvalue weighted by molar-refractivity contribution is 5.92. The Labute approximate surface area is 142 Å². The second-order valence-corrected chi connectivity index (χ2v) is 5.91. The molecule has 0 radical (unpaired) electrons. The van der Waals surface area contributed by atoms with Gasteiger partial charge in [0.25, 0.3) is 0 Å². The van der Waals surface area contributed by atoms with E-state index in [0.29, 0.717) is 0 Å². The molecule has 24 heavy (non-hydrogen) atoms. The van der Waals surface area contributed by atoms with Gasteiger partial charge in [0.15, 0.2) is 0 Å². The van der Waals surface area contributed by atoms with Crippen molar-refractivity contribution >= 4 is 17.8 Å². The summed E-state index contributed by atoms with van der Waals surface area (Å²) in [5.41, 5.74) is 1.93. The molecule has 1 saturated heterocycles. The van der Waals surface area contributed by atoms with Gasteiger partial charge in [0.2, 0.25) is 5.91 Å². The van der Waals surface area contributed by atoms with E-state index in [2.05, 4.69) is 15.3 Å². The van der Waals surface area contributed by atoms with Crippen LogP contribution >= 0.6 is 0 Å². The van der Waals surface area contributed by atoms with Gasteiger partial charge < -0.3 is 10.2 Å². The lowest BCUT2D eigenvalue weighted by atomic mass is 10.1. The molecule has 124 valence electrons. The summed E-state index contributed by atoms with van der Waals surface area (Å²) in [4.78, 5) is 23.4. The van der Waals surface area contributed by atoms with Crippen LogP contribution in [0.5, 0.6) is 0 Å². The summed E-state index contributed by atoms with van der Waals surface area (Å²) >= 11 is 0. The van der Waals surface area contributed by atoms with E-state index in [-0.39, 0.29) is 11.9 Å². The number of aryl methyl sites for hydroxylation is 1. The van der Waals surface area contributed by atoms with E-state index in [1.165, 1.54) is 0 Å². The summed E-state index contributed by atoms with van der Waals surface area (Å²) < 4.78 is 0. The second kappa shape index (κ2) is 7.25. The number of carbonyl (C=O) groups is 1. The van der Waals surface area contributed by atoms with Crippen molar-refractivity contribution in [3.05, 3.63) is 59.6 Å². The Kier molecular flexibility index (Phi) is 4.89. The zero-order valence-electron chi connectivity index (χ0n) is 14.1. The van der Waals surface area contributed by atoms with Crippen LogP contribution in [0.1, 0.15) is 36.0 Å². The first kappa shape index (κ1) is 16.2. The third-order valence-corrected chi connectivity index (χ3v) is 4.21. The fourth-order valence-corrected chi connectivity index (χ4v) is 3.05. The van der Waals surface area contributed by atoms with Crippen LogP contribution in [-0.4, -0.2) is 34.4 Å². The van der Waals surface area contributed by atoms with Crippen molar-refractivity contribution in [2.24, 2.45) is 0 Å². The highest BCUT2D eigenvalue weighted by Gasteiger charge is 2.30. The molecule has 5 heteroatoms. The standard InChI is InChI=1S/C19H22N4O/c1-14-21-16(13-18(20-2)22-14)17-9-6-12-23(17)19(24)11-10-15-7-4-3-5-8-15/h3-5,7-8,10-11,13,17H,6,9,12H2,1-2H3,(H,20,21,22)/b11-10+/t17-/m0/s1. The molecule has 1 aliphatic rings. The maximum Gasteiger partial charge on any atom is 0.247 e. The number of hydrogen-bond donors (Lipinski definition) is 1. The van der Waals surface area contributed by atoms with Gasteiger partial charge in [-0.05, 0) is 31.4 Å². The van der Waals surface area contributed by atoms with Gasteiger partial charge in [0.1, 0.15) is 11.6 Å². The summed E-state index contributed by atoms with van der Waals surface area (Å²) in [5.74, 6) is 1.54. The van der Waals surface area contributed by atoms with Crippen LogP contribution in [-0.2, 0) is 4.79 Å². The first-order valence-corrected chi connectivity index (χ1v) is 8.24. The van der Waals surface area contributed by atoms with Gasteiger partial charge in [0.05, 0.1) is 11.7 Å². The van der Waals surface area contributed by atoms with Crippen LogP contribution in [0.25, 0.3) is 6.08 Å². The van der Waals surface area contributed by atoms with Gasteiger partial charge >= 0.3 is 0 Å². The topological polar surface area (TPSA) is 58.1 Å². The van der Waals surface area contributed by atoms with E-state index in [1.54, 1.807) is 6.08 Å². The van der Waals surface area contributed by atoms with E-state index in [1.807, 2.05) is 61.3 Å². The van der Waals surface area contributed by atoms with Crippen LogP contribution in [0.2, 0.25) is 0 Å². The highest BCUT2D eigenvalue weighted by Crippen LogP contribution is 2.32. The van der Waals surface area contributed by atoms with Gasteiger partial charge in [-0.25, -0.2) is 9.97 Å². The van der Waals surface area contributed by atoms with Gasteiger partial charge in [-0.1, -0.05) is 30.3 Å². The Morgan fingerprint density at radius 2 is 2.08 bits per heavy atom. The molecule has 1 N–H and O–H groups in total. The van der Waals surface area contributed by atoms with E-state index in [4.69, 9.17) is 0 Å². The summed E-state index contributed by atoms with van der Waals surface area (Å²) in [6.07, 6.45) is 5.45. The first-order valence-electron chi connectivity index (χ1n) is 8.24. The minimum atomic E-state index is 0.0201. The Morgan fingerprint density at radius 1 is 1.29 bits per heavy atom. The lowest BCUT2D eigenvalue weighted by Gasteiger charge is -2.23. The molecular weight excluding hydrogens is 300 g/mol. The number of aromatic nitrogens is 2. The molecule has 0 spiro atoms. The predicted molar refractivity (Wildman–Crippen MR) is 95.5 cm³/mol. The predicted octanol–water partition coefficient (Wildman–Crippen LogP) is 3.20. The summed E-state index contributed by atoms with van der Waals surface area (Å²) in [6.45, 7) is 2.64. The van der Waals surface area contributed by atoms with Gasteiger partial charge in [0, 0.05) is 25.7 Å². The first-order chi connectivity index (χ1) is 11.7. The third kappa shape index (κ3) is 3.62. The second-order valence-electron chi connectivity index (χ2n) is 5.91. The molecule has 2 heterocycles. The SMILES string of the molecule is CNc1cc([C@@H]2CCCN2C(=O)/C=C/c2ccccc2)nc(C)n1. The molecule has 1 aromatic heterocycles. The Morgan fingerprint density at radius 3 is 2.83 bits per heavy atom. The van der Waals surface area contributed by atoms with Crippen molar-refractivity contribution in [1.82, 2.24) is 14.9 Å². The monoisotopic (exact) mass is 322 g/mol. The van der Waals surface area contributed by atoms with Crippen molar-refractivity contribution < 1.29 is 4.79 Å². The molecular formula is C19H22N4O. The Hall–Kier alpha value is -2.69. The zero-order valence-corrected chi connectivity index (χ0v) is 14.1. The molecule has 2 aromatic rings. The van der Waals surface area contributed by atoms with Crippen molar-refractivity contribution in [2.75, 3.05) is 18.9 Å². The maximum absolute atomic E-state index is 12.6. The van der Waals surface area contributed by atoms with Crippen LogP contribution < -0.4 is 5.32 Å². The average Bonchev–Trinajstić information content (AvgIpc) is 3.10. The average molecular weight is 322 g/mol. The zero-order chi connectivity index (χ0) is 16.9. The molecule has 1 amide bonds. The largest absolute Gasteiger partial charge is 0.373 e. The molecule has 1 atom stereocenters. The van der Waals surface area contributed by atoms with Crippen LogP contribution in [0, 0.1) is 6.92 Å². The molecule has 3 rings (SSSR count). The van der Waals surface area contributed by atoms with Gasteiger partial charge in [-0.3, -0.25) is 4.79 Å². The molecule has 0 unspecified atom stereocenters. The molecule has 1 aliphatic heterocycles. The van der Waals surface area contributed by atoms with Crippen molar-refractivity contribution in [3.63, 3.8) is 0 Å². The smallest absolute Gasteiger partial charge is 0.247 e. The van der Waals surface area contributed by atoms with E-state index < -0.39 is 0 Å². The number of anilines is 1. The summed E-state index contributed by atoms with van der Waals surface area (Å²) in [6, 6.07) is 11.8. The number of rotatable bonds is 4. The molecule has 1 fully saturated rings. The Balaban J connectivity index is 1.79. The van der Waals surface area contributed by atoms with Gasteiger partial charge in [-0.15, -0.1) is 0 Å². The van der Waals surface area contributed by atoms with Crippen LogP contribution in [0.4, 0.5) is 5.82 Å². The fraction of sp³-hybridized carbons (Fsp3) is 0.316. The van der Waals surface area contributed by atoms with E-state index >= 15 is 0 Å². The minimum absolute atomic E-state index is 0.0201. The van der Waals surface area contributed by atoms with Crippen LogP contribution in [0.15, 0.2) is 42.5 Å². The molecule has 0 bridgehead atoms. The molecule has 5 nitrogen and oxygen atoms in total. The Bertz CT molecular complexity index is 742. The quantitative estimate of drug-likeness (QED) is 0.878. The lowest BCUT2D eigenvalue weighted by Crippen LogP contribution is -2.29. The number of likely N-dealkylation sites (tertiary alicyclic amines) is 1. The number of benzene rings is 1. The van der Waals surface area contributed by atoms with Crippen LogP contribution in [0.3, 0.4) is 0 Å². The number of carbonyl (C=O) groups excluding carboxylic acids is 1. The maximum atomic E-state index is 12.6. The van der Waals surface area contributed by atoms with Gasteiger partial charge in [-0.2, -0.15) is 0 Å². The fourth-order valence-electron chi connectivity index (χ4n) is 3.05.